The molecule has 0 aliphatic rings. The van der Waals surface area contributed by atoms with Crippen molar-refractivity contribution in [1.29, 1.82) is 0 Å². The third-order valence-electron chi connectivity index (χ3n) is 1.93. The van der Waals surface area contributed by atoms with Crippen LogP contribution in [0.1, 0.15) is 5.56 Å². The van der Waals surface area contributed by atoms with Crippen molar-refractivity contribution in [3.05, 3.63) is 35.0 Å². The Labute approximate surface area is 86.1 Å². The molecule has 0 radical (unpaired) electrons. The van der Waals surface area contributed by atoms with Crippen molar-refractivity contribution in [2.45, 2.75) is 5.75 Å². The molecule has 0 aliphatic carbocycles. The number of benzene rings is 1. The zero-order valence-electron chi connectivity index (χ0n) is 7.21. The summed E-state index contributed by atoms with van der Waals surface area (Å²) in [6.07, 6.45) is 3.86. The first-order chi connectivity index (χ1) is 6.33. The minimum absolute atomic E-state index is 0.685. The van der Waals surface area contributed by atoms with Gasteiger partial charge in [0.15, 0.2) is 5.58 Å². The lowest BCUT2D eigenvalue weighted by atomic mass is 10.2. The molecule has 0 saturated heterocycles. The first-order valence-electron chi connectivity index (χ1n) is 3.96. The second-order valence-corrected chi connectivity index (χ2v) is 4.08. The van der Waals surface area contributed by atoms with Gasteiger partial charge in [0.05, 0.1) is 11.3 Å². The molecule has 1 heterocycles. The van der Waals surface area contributed by atoms with E-state index in [2.05, 4.69) is 6.26 Å². The highest BCUT2D eigenvalue weighted by molar-refractivity contribution is 7.97. The van der Waals surface area contributed by atoms with Gasteiger partial charge in [-0.1, -0.05) is 23.7 Å². The molecule has 0 aliphatic heterocycles. The van der Waals surface area contributed by atoms with Gasteiger partial charge in [-0.15, -0.1) is 0 Å². The van der Waals surface area contributed by atoms with Crippen LogP contribution in [-0.2, 0) is 5.75 Å². The Kier molecular flexibility index (Phi) is 2.51. The van der Waals surface area contributed by atoms with Crippen molar-refractivity contribution in [2.75, 3.05) is 6.26 Å². The number of fused-ring (bicyclic) bond motifs is 1. The summed E-state index contributed by atoms with van der Waals surface area (Å²) >= 11 is 7.75. The topological polar surface area (TPSA) is 13.1 Å². The van der Waals surface area contributed by atoms with Crippen molar-refractivity contribution in [3.63, 3.8) is 0 Å². The average Bonchev–Trinajstić information content (AvgIpc) is 2.51. The van der Waals surface area contributed by atoms with E-state index in [0.29, 0.717) is 5.02 Å². The Hall–Kier alpha value is -0.600. The van der Waals surface area contributed by atoms with Gasteiger partial charge in [0.2, 0.25) is 0 Å². The first-order valence-corrected chi connectivity index (χ1v) is 5.73. The second kappa shape index (κ2) is 3.64. The molecular formula is C10H9ClOS. The fourth-order valence-electron chi connectivity index (χ4n) is 1.34. The summed E-state index contributed by atoms with van der Waals surface area (Å²) < 4.78 is 5.39. The molecule has 0 atom stereocenters. The lowest BCUT2D eigenvalue weighted by molar-refractivity contribution is 0.613. The highest BCUT2D eigenvalue weighted by Gasteiger charge is 2.07. The summed E-state index contributed by atoms with van der Waals surface area (Å²) in [5.74, 6) is 0.966. The number of halogens is 1. The number of para-hydroxylation sites is 1. The third-order valence-corrected chi connectivity index (χ3v) is 2.83. The molecule has 3 heteroatoms. The Morgan fingerprint density at radius 1 is 1.46 bits per heavy atom. The molecule has 2 aromatic rings. The zero-order chi connectivity index (χ0) is 9.26. The van der Waals surface area contributed by atoms with Crippen molar-refractivity contribution in [2.24, 2.45) is 0 Å². The van der Waals surface area contributed by atoms with E-state index >= 15 is 0 Å². The molecular weight excluding hydrogens is 204 g/mol. The predicted molar refractivity (Wildman–Crippen MR) is 58.4 cm³/mol. The standard InChI is InChI=1S/C10H9ClOS/c1-13-6-7-5-12-10-8(7)3-2-4-9(10)11/h2-5H,6H2,1H3. The van der Waals surface area contributed by atoms with Crippen molar-refractivity contribution in [1.82, 2.24) is 0 Å². The van der Waals surface area contributed by atoms with E-state index in [-0.39, 0.29) is 0 Å². The molecule has 0 N–H and O–H groups in total. The first kappa shape index (κ1) is 8.97. The highest BCUT2D eigenvalue weighted by Crippen LogP contribution is 2.29. The van der Waals surface area contributed by atoms with Crippen molar-refractivity contribution >= 4 is 34.3 Å². The summed E-state index contributed by atoms with van der Waals surface area (Å²) in [6, 6.07) is 5.83. The zero-order valence-corrected chi connectivity index (χ0v) is 8.78. The minimum atomic E-state index is 0.685. The molecule has 0 saturated carbocycles. The monoisotopic (exact) mass is 212 g/mol. The molecule has 1 aromatic carbocycles. The Morgan fingerprint density at radius 2 is 2.31 bits per heavy atom. The van der Waals surface area contributed by atoms with Crippen LogP contribution in [0.15, 0.2) is 28.9 Å². The quantitative estimate of drug-likeness (QED) is 0.748. The SMILES string of the molecule is CSCc1coc2c(Cl)cccc12. The molecule has 1 nitrogen and oxygen atoms in total. The molecule has 2 rings (SSSR count). The van der Waals surface area contributed by atoms with E-state index in [4.69, 9.17) is 16.0 Å². The molecule has 0 spiro atoms. The number of thioether (sulfide) groups is 1. The smallest absolute Gasteiger partial charge is 0.152 e. The van der Waals surface area contributed by atoms with E-state index < -0.39 is 0 Å². The Morgan fingerprint density at radius 3 is 3.08 bits per heavy atom. The molecule has 68 valence electrons. The van der Waals surface area contributed by atoms with Gasteiger partial charge in [0, 0.05) is 16.7 Å². The summed E-state index contributed by atoms with van der Waals surface area (Å²) in [6.45, 7) is 0. The normalized spacial score (nSPS) is 10.9. The molecule has 0 fully saturated rings. The molecule has 0 amide bonds. The summed E-state index contributed by atoms with van der Waals surface area (Å²) in [4.78, 5) is 0. The fraction of sp³-hybridized carbons (Fsp3) is 0.200. The number of rotatable bonds is 2. The van der Waals surface area contributed by atoms with Crippen LogP contribution in [-0.4, -0.2) is 6.26 Å². The maximum Gasteiger partial charge on any atom is 0.152 e. The van der Waals surface area contributed by atoms with Crippen LogP contribution >= 0.6 is 23.4 Å². The van der Waals surface area contributed by atoms with E-state index in [0.717, 1.165) is 16.7 Å². The number of furan rings is 1. The van der Waals surface area contributed by atoms with Crippen LogP contribution in [0.3, 0.4) is 0 Å². The van der Waals surface area contributed by atoms with Gasteiger partial charge in [-0.3, -0.25) is 0 Å². The van der Waals surface area contributed by atoms with Gasteiger partial charge in [-0.05, 0) is 12.3 Å². The van der Waals surface area contributed by atoms with Crippen LogP contribution in [0, 0.1) is 0 Å². The van der Waals surface area contributed by atoms with Crippen LogP contribution in [0.5, 0.6) is 0 Å². The van der Waals surface area contributed by atoms with Crippen LogP contribution < -0.4 is 0 Å². The average molecular weight is 213 g/mol. The van der Waals surface area contributed by atoms with E-state index in [9.17, 15) is 0 Å². The van der Waals surface area contributed by atoms with Crippen LogP contribution in [0.4, 0.5) is 0 Å². The van der Waals surface area contributed by atoms with E-state index in [1.54, 1.807) is 18.0 Å². The Balaban J connectivity index is 2.61. The molecule has 0 bridgehead atoms. The summed E-state index contributed by atoms with van der Waals surface area (Å²) in [5, 5.41) is 1.81. The van der Waals surface area contributed by atoms with Gasteiger partial charge in [-0.2, -0.15) is 11.8 Å². The fourth-order valence-corrected chi connectivity index (χ4v) is 2.10. The molecule has 1 aromatic heterocycles. The van der Waals surface area contributed by atoms with Crippen LogP contribution in [0.25, 0.3) is 11.0 Å². The minimum Gasteiger partial charge on any atom is -0.462 e. The molecule has 0 unspecified atom stereocenters. The van der Waals surface area contributed by atoms with Gasteiger partial charge in [-0.25, -0.2) is 0 Å². The van der Waals surface area contributed by atoms with Crippen molar-refractivity contribution in [3.8, 4) is 0 Å². The second-order valence-electron chi connectivity index (χ2n) is 2.81. The summed E-state index contributed by atoms with van der Waals surface area (Å²) in [5.41, 5.74) is 2.01. The lowest BCUT2D eigenvalue weighted by Gasteiger charge is -1.94. The molecule has 13 heavy (non-hydrogen) atoms. The maximum absolute atomic E-state index is 5.97. The highest BCUT2D eigenvalue weighted by atomic mass is 35.5. The van der Waals surface area contributed by atoms with Crippen LogP contribution in [0.2, 0.25) is 5.02 Å². The lowest BCUT2D eigenvalue weighted by Crippen LogP contribution is -1.75. The van der Waals surface area contributed by atoms with E-state index in [1.807, 2.05) is 18.2 Å². The van der Waals surface area contributed by atoms with Gasteiger partial charge in [0.1, 0.15) is 0 Å². The maximum atomic E-state index is 5.97. The Bertz CT molecular complexity index is 422. The van der Waals surface area contributed by atoms with Gasteiger partial charge < -0.3 is 4.42 Å². The van der Waals surface area contributed by atoms with Gasteiger partial charge >= 0.3 is 0 Å². The number of hydrogen-bond acceptors (Lipinski definition) is 2. The van der Waals surface area contributed by atoms with Crippen molar-refractivity contribution < 1.29 is 4.42 Å². The van der Waals surface area contributed by atoms with E-state index in [1.165, 1.54) is 5.56 Å². The third kappa shape index (κ3) is 1.56. The summed E-state index contributed by atoms with van der Waals surface area (Å²) in [7, 11) is 0. The number of hydrogen-bond donors (Lipinski definition) is 0. The van der Waals surface area contributed by atoms with Gasteiger partial charge in [0.25, 0.3) is 0 Å². The predicted octanol–water partition coefficient (Wildman–Crippen LogP) is 3.95. The largest absolute Gasteiger partial charge is 0.462 e.